The lowest BCUT2D eigenvalue weighted by molar-refractivity contribution is 0.0875. The third-order valence-corrected chi connectivity index (χ3v) is 2.72. The number of ether oxygens (including phenoxy) is 3. The van der Waals surface area contributed by atoms with Gasteiger partial charge in [-0.15, -0.1) is 0 Å². The number of nitrogens with one attached hydrogen (secondary N) is 1. The Bertz CT molecular complexity index is 458. The highest BCUT2D eigenvalue weighted by molar-refractivity contribution is 5.98. The van der Waals surface area contributed by atoms with Crippen molar-refractivity contribution in [2.24, 2.45) is 0 Å². The predicted octanol–water partition coefficient (Wildman–Crippen LogP) is -0.205. The number of aliphatic hydroxyl groups excluding tert-OH is 2. The summed E-state index contributed by atoms with van der Waals surface area (Å²) in [6.45, 7) is -0.726. The number of amides is 1. The predicted molar refractivity (Wildman–Crippen MR) is 71.5 cm³/mol. The standard InChI is InChI=1S/C13H19NO6/c1-18-10-5-4-9(11(19-2)12(10)20-3)13(17)14-8(6-15)7-16/h4-5,8,15-16H,6-7H2,1-3H3,(H,14,17). The normalized spacial score (nSPS) is 10.3. The molecular weight excluding hydrogens is 266 g/mol. The fourth-order valence-corrected chi connectivity index (χ4v) is 1.69. The van der Waals surface area contributed by atoms with Gasteiger partial charge < -0.3 is 29.7 Å². The summed E-state index contributed by atoms with van der Waals surface area (Å²) in [4.78, 5) is 12.1. The van der Waals surface area contributed by atoms with Gasteiger partial charge in [0, 0.05) is 0 Å². The molecule has 0 bridgehead atoms. The van der Waals surface area contributed by atoms with Crippen molar-refractivity contribution in [3.8, 4) is 17.2 Å². The first kappa shape index (κ1) is 16.1. The summed E-state index contributed by atoms with van der Waals surface area (Å²) in [5.74, 6) is 0.462. The quantitative estimate of drug-likeness (QED) is 0.641. The molecule has 1 aromatic rings. The van der Waals surface area contributed by atoms with E-state index in [1.807, 2.05) is 0 Å². The van der Waals surface area contributed by atoms with E-state index in [4.69, 9.17) is 24.4 Å². The van der Waals surface area contributed by atoms with Gasteiger partial charge in [-0.25, -0.2) is 0 Å². The molecule has 0 aliphatic rings. The molecule has 0 unspecified atom stereocenters. The van der Waals surface area contributed by atoms with Crippen molar-refractivity contribution < 1.29 is 29.2 Å². The maximum Gasteiger partial charge on any atom is 0.255 e. The van der Waals surface area contributed by atoms with Crippen molar-refractivity contribution in [2.75, 3.05) is 34.5 Å². The van der Waals surface area contributed by atoms with Crippen LogP contribution in [0.5, 0.6) is 17.2 Å². The fourth-order valence-electron chi connectivity index (χ4n) is 1.69. The number of rotatable bonds is 7. The maximum atomic E-state index is 12.1. The van der Waals surface area contributed by atoms with Crippen LogP contribution in [0.15, 0.2) is 12.1 Å². The Kier molecular flexibility index (Phi) is 6.08. The summed E-state index contributed by atoms with van der Waals surface area (Å²) in [5.41, 5.74) is 0.219. The summed E-state index contributed by atoms with van der Waals surface area (Å²) in [6, 6.07) is 2.35. The molecule has 20 heavy (non-hydrogen) atoms. The molecule has 0 fully saturated rings. The Morgan fingerprint density at radius 3 is 2.15 bits per heavy atom. The highest BCUT2D eigenvalue weighted by atomic mass is 16.5. The Morgan fingerprint density at radius 2 is 1.70 bits per heavy atom. The van der Waals surface area contributed by atoms with Crippen LogP contribution in [0, 0.1) is 0 Å². The zero-order valence-corrected chi connectivity index (χ0v) is 11.7. The van der Waals surface area contributed by atoms with Gasteiger partial charge in [-0.3, -0.25) is 4.79 Å². The van der Waals surface area contributed by atoms with Crippen LogP contribution in [0.1, 0.15) is 10.4 Å². The summed E-state index contributed by atoms with van der Waals surface area (Å²) in [7, 11) is 4.32. The van der Waals surface area contributed by atoms with E-state index in [9.17, 15) is 4.79 Å². The van der Waals surface area contributed by atoms with Crippen LogP contribution >= 0.6 is 0 Å². The molecule has 3 N–H and O–H groups in total. The van der Waals surface area contributed by atoms with E-state index >= 15 is 0 Å². The minimum atomic E-state index is -0.736. The zero-order chi connectivity index (χ0) is 15.1. The molecule has 0 heterocycles. The van der Waals surface area contributed by atoms with Crippen LogP contribution in [-0.4, -0.2) is 56.7 Å². The van der Waals surface area contributed by atoms with Crippen LogP contribution in [0.25, 0.3) is 0 Å². The molecule has 1 rings (SSSR count). The molecule has 7 heteroatoms. The Balaban J connectivity index is 3.14. The lowest BCUT2D eigenvalue weighted by atomic mass is 10.1. The highest BCUT2D eigenvalue weighted by Gasteiger charge is 2.22. The molecule has 0 aliphatic heterocycles. The number of benzene rings is 1. The van der Waals surface area contributed by atoms with Crippen molar-refractivity contribution >= 4 is 5.91 Å². The van der Waals surface area contributed by atoms with Crippen molar-refractivity contribution in [3.63, 3.8) is 0 Å². The second-order valence-electron chi connectivity index (χ2n) is 3.92. The van der Waals surface area contributed by atoms with Crippen LogP contribution in [0.4, 0.5) is 0 Å². The topological polar surface area (TPSA) is 97.3 Å². The molecule has 0 saturated heterocycles. The van der Waals surface area contributed by atoms with Gasteiger partial charge in [-0.2, -0.15) is 0 Å². The Labute approximate surface area is 117 Å². The molecular formula is C13H19NO6. The summed E-state index contributed by atoms with van der Waals surface area (Å²) < 4.78 is 15.5. The first-order chi connectivity index (χ1) is 9.62. The van der Waals surface area contributed by atoms with E-state index in [0.29, 0.717) is 11.5 Å². The van der Waals surface area contributed by atoms with Crippen molar-refractivity contribution in [1.82, 2.24) is 5.32 Å². The molecule has 1 amide bonds. The third-order valence-electron chi connectivity index (χ3n) is 2.72. The van der Waals surface area contributed by atoms with Gasteiger partial charge in [0.1, 0.15) is 0 Å². The highest BCUT2D eigenvalue weighted by Crippen LogP contribution is 2.39. The van der Waals surface area contributed by atoms with E-state index in [-0.39, 0.29) is 24.5 Å². The second-order valence-corrected chi connectivity index (χ2v) is 3.92. The Morgan fingerprint density at radius 1 is 1.10 bits per heavy atom. The van der Waals surface area contributed by atoms with E-state index in [1.165, 1.54) is 27.4 Å². The number of hydrogen-bond acceptors (Lipinski definition) is 6. The number of aliphatic hydroxyl groups is 2. The van der Waals surface area contributed by atoms with Crippen molar-refractivity contribution in [1.29, 1.82) is 0 Å². The fraction of sp³-hybridized carbons (Fsp3) is 0.462. The van der Waals surface area contributed by atoms with E-state index in [0.717, 1.165) is 0 Å². The van der Waals surface area contributed by atoms with Gasteiger partial charge in [0.15, 0.2) is 11.5 Å². The maximum absolute atomic E-state index is 12.1. The van der Waals surface area contributed by atoms with Crippen LogP contribution < -0.4 is 19.5 Å². The van der Waals surface area contributed by atoms with Crippen LogP contribution in [0.2, 0.25) is 0 Å². The van der Waals surface area contributed by atoms with Crippen LogP contribution in [0.3, 0.4) is 0 Å². The molecule has 112 valence electrons. The van der Waals surface area contributed by atoms with Gasteiger partial charge >= 0.3 is 0 Å². The van der Waals surface area contributed by atoms with E-state index in [2.05, 4.69) is 5.32 Å². The molecule has 0 atom stereocenters. The SMILES string of the molecule is COc1ccc(C(=O)NC(CO)CO)c(OC)c1OC. The average molecular weight is 285 g/mol. The molecule has 0 spiro atoms. The van der Waals surface area contributed by atoms with Gasteiger partial charge in [0.2, 0.25) is 5.75 Å². The largest absolute Gasteiger partial charge is 0.493 e. The summed E-state index contributed by atoms with van der Waals surface area (Å²) in [5, 5.41) is 20.4. The van der Waals surface area contributed by atoms with Crippen molar-refractivity contribution in [2.45, 2.75) is 6.04 Å². The smallest absolute Gasteiger partial charge is 0.255 e. The molecule has 0 radical (unpaired) electrons. The number of hydrogen-bond donors (Lipinski definition) is 3. The molecule has 7 nitrogen and oxygen atoms in total. The lowest BCUT2D eigenvalue weighted by Gasteiger charge is -2.17. The van der Waals surface area contributed by atoms with Gasteiger partial charge in [0.05, 0.1) is 46.1 Å². The lowest BCUT2D eigenvalue weighted by Crippen LogP contribution is -2.40. The second kappa shape index (κ2) is 7.56. The summed E-state index contributed by atoms with van der Waals surface area (Å²) in [6.07, 6.45) is 0. The van der Waals surface area contributed by atoms with E-state index in [1.54, 1.807) is 6.07 Å². The Hall–Kier alpha value is -1.99. The van der Waals surface area contributed by atoms with Crippen molar-refractivity contribution in [3.05, 3.63) is 17.7 Å². The van der Waals surface area contributed by atoms with Crippen LogP contribution in [-0.2, 0) is 0 Å². The third kappa shape index (κ3) is 3.31. The molecule has 0 aromatic heterocycles. The monoisotopic (exact) mass is 285 g/mol. The number of carbonyl (C=O) groups is 1. The van der Waals surface area contributed by atoms with Gasteiger partial charge in [-0.1, -0.05) is 0 Å². The molecule has 0 aliphatic carbocycles. The molecule has 1 aromatic carbocycles. The average Bonchev–Trinajstić information content (AvgIpc) is 2.50. The number of carbonyl (C=O) groups excluding carboxylic acids is 1. The van der Waals surface area contributed by atoms with E-state index < -0.39 is 11.9 Å². The van der Waals surface area contributed by atoms with Gasteiger partial charge in [0.25, 0.3) is 5.91 Å². The minimum absolute atomic E-state index is 0.219. The summed E-state index contributed by atoms with van der Waals surface area (Å²) >= 11 is 0. The zero-order valence-electron chi connectivity index (χ0n) is 11.7. The van der Waals surface area contributed by atoms with Gasteiger partial charge in [-0.05, 0) is 12.1 Å². The minimum Gasteiger partial charge on any atom is -0.493 e. The number of methoxy groups -OCH3 is 3. The first-order valence-electron chi connectivity index (χ1n) is 5.94. The first-order valence-corrected chi connectivity index (χ1v) is 5.94. The molecule has 0 saturated carbocycles.